The zero-order valence-corrected chi connectivity index (χ0v) is 17.3. The Labute approximate surface area is 162 Å². The molecule has 0 bridgehead atoms. The van der Waals surface area contributed by atoms with Crippen LogP contribution in [0.15, 0.2) is 23.2 Å². The van der Waals surface area contributed by atoms with E-state index in [4.69, 9.17) is 9.47 Å². The number of guanidine groups is 1. The van der Waals surface area contributed by atoms with Gasteiger partial charge in [0.05, 0.1) is 19.8 Å². The molecule has 1 aliphatic heterocycles. The van der Waals surface area contributed by atoms with Crippen LogP contribution in [0.4, 0.5) is 4.39 Å². The van der Waals surface area contributed by atoms with Crippen molar-refractivity contribution in [1.29, 1.82) is 0 Å². The van der Waals surface area contributed by atoms with Crippen LogP contribution in [0, 0.1) is 17.2 Å². The number of nitrogens with one attached hydrogen (secondary N) is 2. The molecule has 1 heterocycles. The van der Waals surface area contributed by atoms with Gasteiger partial charge in [-0.15, -0.1) is 0 Å². The Balaban J connectivity index is 1.99. The van der Waals surface area contributed by atoms with Crippen molar-refractivity contribution in [3.8, 4) is 5.75 Å². The molecule has 2 rings (SSSR count). The van der Waals surface area contributed by atoms with E-state index in [1.54, 1.807) is 6.07 Å². The molecule has 2 atom stereocenters. The van der Waals surface area contributed by atoms with E-state index in [9.17, 15) is 4.39 Å². The van der Waals surface area contributed by atoms with E-state index in [1.807, 2.05) is 13.0 Å². The van der Waals surface area contributed by atoms with Crippen molar-refractivity contribution < 1.29 is 13.9 Å². The minimum atomic E-state index is -0.365. The Morgan fingerprint density at radius 3 is 2.74 bits per heavy atom. The summed E-state index contributed by atoms with van der Waals surface area (Å²) in [6.45, 7) is 11.5. The molecule has 0 spiro atoms. The number of ether oxygens (including phenoxy) is 2. The molecule has 27 heavy (non-hydrogen) atoms. The van der Waals surface area contributed by atoms with Gasteiger partial charge < -0.3 is 20.1 Å². The predicted octanol–water partition coefficient (Wildman–Crippen LogP) is 3.73. The smallest absolute Gasteiger partial charge is 0.191 e. The fourth-order valence-corrected chi connectivity index (χ4v) is 3.56. The van der Waals surface area contributed by atoms with Crippen molar-refractivity contribution in [3.05, 3.63) is 29.6 Å². The molecular formula is C21H34FN3O2. The highest BCUT2D eigenvalue weighted by molar-refractivity contribution is 5.79. The van der Waals surface area contributed by atoms with Gasteiger partial charge >= 0.3 is 0 Å². The number of hydrogen-bond donors (Lipinski definition) is 2. The van der Waals surface area contributed by atoms with Crippen molar-refractivity contribution in [2.75, 3.05) is 26.8 Å². The number of aliphatic imine (C=N–C) groups is 1. The van der Waals surface area contributed by atoms with Gasteiger partial charge in [-0.2, -0.15) is 0 Å². The molecule has 0 amide bonds. The quantitative estimate of drug-likeness (QED) is 0.584. The molecule has 1 saturated heterocycles. The normalized spacial score (nSPS) is 21.0. The van der Waals surface area contributed by atoms with E-state index in [1.165, 1.54) is 13.2 Å². The summed E-state index contributed by atoms with van der Waals surface area (Å²) in [5.41, 5.74) is 0.919. The molecule has 0 aliphatic carbocycles. The fraction of sp³-hybridized carbons (Fsp3) is 0.667. The van der Waals surface area contributed by atoms with E-state index in [0.29, 0.717) is 12.5 Å². The van der Waals surface area contributed by atoms with Crippen molar-refractivity contribution in [3.63, 3.8) is 0 Å². The molecule has 2 unspecified atom stereocenters. The SMILES string of the molecule is CCNC(=NCc1ccc(OC)c(F)c1)NCC1CCCOC1C(C)(C)C. The van der Waals surface area contributed by atoms with Crippen LogP contribution < -0.4 is 15.4 Å². The average molecular weight is 380 g/mol. The summed E-state index contributed by atoms with van der Waals surface area (Å²) >= 11 is 0. The van der Waals surface area contributed by atoms with Gasteiger partial charge in [-0.1, -0.05) is 26.8 Å². The number of methoxy groups -OCH3 is 1. The molecule has 2 N–H and O–H groups in total. The van der Waals surface area contributed by atoms with E-state index in [0.717, 1.165) is 44.1 Å². The summed E-state index contributed by atoms with van der Waals surface area (Å²) in [5.74, 6) is 1.07. The van der Waals surface area contributed by atoms with Crippen molar-refractivity contribution in [1.82, 2.24) is 10.6 Å². The lowest BCUT2D eigenvalue weighted by Crippen LogP contribution is -2.47. The summed E-state index contributed by atoms with van der Waals surface area (Å²) < 4.78 is 24.9. The molecule has 1 aromatic rings. The second-order valence-electron chi connectivity index (χ2n) is 8.10. The third-order valence-electron chi connectivity index (χ3n) is 4.81. The van der Waals surface area contributed by atoms with Gasteiger partial charge in [0.15, 0.2) is 17.5 Å². The summed E-state index contributed by atoms with van der Waals surface area (Å²) in [4.78, 5) is 4.60. The highest BCUT2D eigenvalue weighted by atomic mass is 19.1. The maximum atomic E-state index is 13.9. The number of benzene rings is 1. The summed E-state index contributed by atoms with van der Waals surface area (Å²) in [7, 11) is 1.46. The molecular weight excluding hydrogens is 345 g/mol. The van der Waals surface area contributed by atoms with Gasteiger partial charge in [-0.3, -0.25) is 0 Å². The Morgan fingerprint density at radius 1 is 1.33 bits per heavy atom. The third kappa shape index (κ3) is 6.38. The van der Waals surface area contributed by atoms with Crippen LogP contribution in [0.1, 0.15) is 46.1 Å². The molecule has 5 nitrogen and oxygen atoms in total. The first-order valence-electron chi connectivity index (χ1n) is 9.81. The first kappa shape index (κ1) is 21.5. The Morgan fingerprint density at radius 2 is 2.11 bits per heavy atom. The van der Waals surface area contributed by atoms with Crippen LogP contribution in [0.5, 0.6) is 5.75 Å². The van der Waals surface area contributed by atoms with Gasteiger partial charge in [0, 0.05) is 25.6 Å². The molecule has 1 aromatic carbocycles. The summed E-state index contributed by atoms with van der Waals surface area (Å²) in [6, 6.07) is 4.93. The van der Waals surface area contributed by atoms with Crippen LogP contribution in [-0.4, -0.2) is 38.9 Å². The minimum Gasteiger partial charge on any atom is -0.494 e. The number of nitrogens with zero attached hydrogens (tertiary/aromatic N) is 1. The van der Waals surface area contributed by atoms with Crippen LogP contribution >= 0.6 is 0 Å². The molecule has 152 valence electrons. The zero-order chi connectivity index (χ0) is 19.9. The summed E-state index contributed by atoms with van der Waals surface area (Å²) in [6.07, 6.45) is 2.48. The van der Waals surface area contributed by atoms with Crippen molar-refractivity contribution >= 4 is 5.96 Å². The fourth-order valence-electron chi connectivity index (χ4n) is 3.56. The van der Waals surface area contributed by atoms with Crippen LogP contribution in [0.3, 0.4) is 0 Å². The molecule has 0 radical (unpaired) electrons. The maximum absolute atomic E-state index is 13.9. The third-order valence-corrected chi connectivity index (χ3v) is 4.81. The second-order valence-corrected chi connectivity index (χ2v) is 8.10. The monoisotopic (exact) mass is 379 g/mol. The Hall–Kier alpha value is -1.82. The Bertz CT molecular complexity index is 628. The number of hydrogen-bond acceptors (Lipinski definition) is 3. The van der Waals surface area contributed by atoms with Gasteiger partial charge in [0.2, 0.25) is 0 Å². The molecule has 6 heteroatoms. The topological polar surface area (TPSA) is 54.9 Å². The molecule has 1 aliphatic rings. The lowest BCUT2D eigenvalue weighted by atomic mass is 9.78. The van der Waals surface area contributed by atoms with Gasteiger partial charge in [-0.25, -0.2) is 9.38 Å². The second kappa shape index (κ2) is 9.93. The first-order valence-corrected chi connectivity index (χ1v) is 9.81. The highest BCUT2D eigenvalue weighted by Gasteiger charge is 2.35. The minimum absolute atomic E-state index is 0.114. The van der Waals surface area contributed by atoms with E-state index in [-0.39, 0.29) is 23.1 Å². The van der Waals surface area contributed by atoms with Crippen LogP contribution in [0.2, 0.25) is 0 Å². The number of halogens is 1. The predicted molar refractivity (Wildman–Crippen MR) is 108 cm³/mol. The molecule has 1 fully saturated rings. The maximum Gasteiger partial charge on any atom is 0.191 e. The molecule has 0 saturated carbocycles. The van der Waals surface area contributed by atoms with Crippen molar-refractivity contribution in [2.24, 2.45) is 16.3 Å². The Kier molecular flexibility index (Phi) is 7.90. The van der Waals surface area contributed by atoms with Crippen LogP contribution in [0.25, 0.3) is 0 Å². The van der Waals surface area contributed by atoms with Gasteiger partial charge in [0.1, 0.15) is 0 Å². The standard InChI is InChI=1S/C21H34FN3O2/c1-6-23-20(24-13-15-9-10-18(26-5)17(22)12-15)25-14-16-8-7-11-27-19(16)21(2,3)4/h9-10,12,16,19H,6-8,11,13-14H2,1-5H3,(H2,23,24,25). The van der Waals surface area contributed by atoms with Gasteiger partial charge in [0.25, 0.3) is 0 Å². The zero-order valence-electron chi connectivity index (χ0n) is 17.3. The van der Waals surface area contributed by atoms with E-state index >= 15 is 0 Å². The lowest BCUT2D eigenvalue weighted by Gasteiger charge is -2.40. The average Bonchev–Trinajstić information content (AvgIpc) is 2.63. The first-order chi connectivity index (χ1) is 12.8. The number of rotatable bonds is 6. The lowest BCUT2D eigenvalue weighted by molar-refractivity contribution is -0.0835. The highest BCUT2D eigenvalue weighted by Crippen LogP contribution is 2.33. The van der Waals surface area contributed by atoms with E-state index in [2.05, 4.69) is 36.4 Å². The van der Waals surface area contributed by atoms with Gasteiger partial charge in [-0.05, 0) is 42.9 Å². The molecule has 0 aromatic heterocycles. The summed E-state index contributed by atoms with van der Waals surface area (Å²) in [5, 5.41) is 6.70. The van der Waals surface area contributed by atoms with E-state index < -0.39 is 0 Å². The van der Waals surface area contributed by atoms with Crippen LogP contribution in [-0.2, 0) is 11.3 Å². The largest absolute Gasteiger partial charge is 0.494 e. The van der Waals surface area contributed by atoms with Crippen molar-refractivity contribution in [2.45, 2.75) is 53.2 Å².